The van der Waals surface area contributed by atoms with Crippen LogP contribution in [-0.4, -0.2) is 25.4 Å². The third-order valence-electron chi connectivity index (χ3n) is 1.75. The number of ether oxygens (including phenoxy) is 3. The predicted octanol–water partition coefficient (Wildman–Crippen LogP) is 2.40. The maximum absolute atomic E-state index is 12.1. The molecule has 1 aromatic rings. The highest BCUT2D eigenvalue weighted by molar-refractivity contribution is 5.58. The Labute approximate surface area is 91.4 Å². The predicted molar refractivity (Wildman–Crippen MR) is 52.5 cm³/mol. The molecular formula is C10H12F2O4. The highest BCUT2D eigenvalue weighted by Gasteiger charge is 2.17. The van der Waals surface area contributed by atoms with Crippen LogP contribution in [0.4, 0.5) is 8.78 Å². The molecule has 0 saturated carbocycles. The molecule has 4 nitrogen and oxygen atoms in total. The largest absolute Gasteiger partial charge is 0.504 e. The summed E-state index contributed by atoms with van der Waals surface area (Å²) in [5.74, 6) is -0.584. The van der Waals surface area contributed by atoms with Gasteiger partial charge in [0.05, 0.1) is 6.61 Å². The van der Waals surface area contributed by atoms with E-state index in [9.17, 15) is 13.9 Å². The van der Waals surface area contributed by atoms with Gasteiger partial charge in [-0.2, -0.15) is 0 Å². The Morgan fingerprint density at radius 2 is 1.69 bits per heavy atom. The standard InChI is InChI=1S/C10H12F2O4/c1-2-14-8-4-3-7(13)9(15-5-11)10(8)16-6-12/h3-4,13H,2,5-6H2,1H3. The molecule has 16 heavy (non-hydrogen) atoms. The van der Waals surface area contributed by atoms with Crippen LogP contribution in [0.15, 0.2) is 12.1 Å². The van der Waals surface area contributed by atoms with Gasteiger partial charge >= 0.3 is 0 Å². The molecule has 0 amide bonds. The van der Waals surface area contributed by atoms with Crippen molar-refractivity contribution in [2.24, 2.45) is 0 Å². The summed E-state index contributed by atoms with van der Waals surface area (Å²) in [4.78, 5) is 0. The first-order chi connectivity index (χ1) is 7.74. The number of halogens is 2. The number of hydrogen-bond acceptors (Lipinski definition) is 4. The summed E-state index contributed by atoms with van der Waals surface area (Å²) >= 11 is 0. The van der Waals surface area contributed by atoms with Crippen molar-refractivity contribution < 1.29 is 28.1 Å². The van der Waals surface area contributed by atoms with Crippen molar-refractivity contribution in [2.75, 3.05) is 20.3 Å². The molecule has 0 radical (unpaired) electrons. The van der Waals surface area contributed by atoms with Crippen LogP contribution in [0, 0.1) is 0 Å². The van der Waals surface area contributed by atoms with Crippen LogP contribution in [0.5, 0.6) is 23.0 Å². The molecule has 0 aliphatic carbocycles. The molecule has 0 unspecified atom stereocenters. The van der Waals surface area contributed by atoms with E-state index in [0.717, 1.165) is 0 Å². The van der Waals surface area contributed by atoms with Crippen LogP contribution in [0.1, 0.15) is 6.92 Å². The summed E-state index contributed by atoms with van der Waals surface area (Å²) in [6.07, 6.45) is 0. The second-order valence-electron chi connectivity index (χ2n) is 2.68. The molecule has 0 spiro atoms. The van der Waals surface area contributed by atoms with E-state index in [-0.39, 0.29) is 23.0 Å². The lowest BCUT2D eigenvalue weighted by atomic mass is 10.2. The Kier molecular flexibility index (Phi) is 4.63. The van der Waals surface area contributed by atoms with Gasteiger partial charge in [-0.05, 0) is 19.1 Å². The number of rotatable bonds is 6. The number of alkyl halides is 2. The van der Waals surface area contributed by atoms with Crippen molar-refractivity contribution in [3.8, 4) is 23.0 Å². The summed E-state index contributed by atoms with van der Waals surface area (Å²) in [5, 5.41) is 9.39. The fourth-order valence-corrected chi connectivity index (χ4v) is 1.19. The van der Waals surface area contributed by atoms with E-state index in [1.54, 1.807) is 6.92 Å². The van der Waals surface area contributed by atoms with Crippen molar-refractivity contribution >= 4 is 0 Å². The molecule has 0 aliphatic rings. The van der Waals surface area contributed by atoms with Crippen molar-refractivity contribution in [3.63, 3.8) is 0 Å². The van der Waals surface area contributed by atoms with E-state index in [1.165, 1.54) is 12.1 Å². The molecule has 1 N–H and O–H groups in total. The zero-order valence-electron chi connectivity index (χ0n) is 8.70. The Bertz CT molecular complexity index is 344. The lowest BCUT2D eigenvalue weighted by Gasteiger charge is -2.14. The van der Waals surface area contributed by atoms with Gasteiger partial charge in [-0.15, -0.1) is 0 Å². The fourth-order valence-electron chi connectivity index (χ4n) is 1.19. The minimum atomic E-state index is -1.16. The van der Waals surface area contributed by atoms with E-state index in [2.05, 4.69) is 9.47 Å². The maximum Gasteiger partial charge on any atom is 0.229 e. The van der Waals surface area contributed by atoms with Crippen molar-refractivity contribution in [3.05, 3.63) is 12.1 Å². The number of aromatic hydroxyl groups is 1. The Balaban J connectivity index is 3.14. The molecule has 0 bridgehead atoms. The number of phenols is 1. The molecule has 0 saturated heterocycles. The zero-order chi connectivity index (χ0) is 12.0. The number of phenolic OH excluding ortho intramolecular Hbond substituents is 1. The lowest BCUT2D eigenvalue weighted by molar-refractivity contribution is 0.147. The van der Waals surface area contributed by atoms with E-state index in [0.29, 0.717) is 6.61 Å². The molecule has 1 aromatic carbocycles. The van der Waals surface area contributed by atoms with Gasteiger partial charge in [0.15, 0.2) is 11.5 Å². The van der Waals surface area contributed by atoms with Gasteiger partial charge in [-0.25, -0.2) is 8.78 Å². The maximum atomic E-state index is 12.1. The van der Waals surface area contributed by atoms with Crippen LogP contribution < -0.4 is 14.2 Å². The normalized spacial score (nSPS) is 9.94. The van der Waals surface area contributed by atoms with Gasteiger partial charge in [-0.3, -0.25) is 0 Å². The molecule has 0 aromatic heterocycles. The third kappa shape index (κ3) is 2.65. The minimum absolute atomic E-state index is 0.151. The van der Waals surface area contributed by atoms with Crippen LogP contribution in [0.2, 0.25) is 0 Å². The lowest BCUT2D eigenvalue weighted by Crippen LogP contribution is -2.01. The first-order valence-electron chi connectivity index (χ1n) is 4.60. The molecule has 0 aliphatic heterocycles. The first kappa shape index (κ1) is 12.4. The zero-order valence-corrected chi connectivity index (χ0v) is 8.70. The van der Waals surface area contributed by atoms with Crippen LogP contribution in [-0.2, 0) is 0 Å². The van der Waals surface area contributed by atoms with E-state index in [4.69, 9.17) is 4.74 Å². The SMILES string of the molecule is CCOc1ccc(O)c(OCF)c1OCF. The van der Waals surface area contributed by atoms with Gasteiger partial charge < -0.3 is 19.3 Å². The molecule has 0 fully saturated rings. The highest BCUT2D eigenvalue weighted by atomic mass is 19.1. The Hall–Kier alpha value is -1.72. The molecule has 0 atom stereocenters. The van der Waals surface area contributed by atoms with Crippen LogP contribution >= 0.6 is 0 Å². The first-order valence-corrected chi connectivity index (χ1v) is 4.60. The average Bonchev–Trinajstić information content (AvgIpc) is 2.27. The highest BCUT2D eigenvalue weighted by Crippen LogP contribution is 2.43. The van der Waals surface area contributed by atoms with Gasteiger partial charge in [0.25, 0.3) is 0 Å². The average molecular weight is 234 g/mol. The van der Waals surface area contributed by atoms with Crippen LogP contribution in [0.3, 0.4) is 0 Å². The molecular weight excluding hydrogens is 222 g/mol. The minimum Gasteiger partial charge on any atom is -0.504 e. The molecule has 0 heterocycles. The van der Waals surface area contributed by atoms with E-state index in [1.807, 2.05) is 0 Å². The number of benzene rings is 1. The Morgan fingerprint density at radius 3 is 2.25 bits per heavy atom. The van der Waals surface area contributed by atoms with Gasteiger partial charge in [0.2, 0.25) is 25.2 Å². The van der Waals surface area contributed by atoms with Gasteiger partial charge in [-0.1, -0.05) is 0 Å². The third-order valence-corrected chi connectivity index (χ3v) is 1.75. The summed E-state index contributed by atoms with van der Waals surface area (Å²) in [7, 11) is 0. The monoisotopic (exact) mass is 234 g/mol. The summed E-state index contributed by atoms with van der Waals surface area (Å²) in [5.41, 5.74) is 0. The van der Waals surface area contributed by atoms with Crippen molar-refractivity contribution in [2.45, 2.75) is 6.92 Å². The van der Waals surface area contributed by atoms with E-state index >= 15 is 0 Å². The topological polar surface area (TPSA) is 47.9 Å². The summed E-state index contributed by atoms with van der Waals surface area (Å²) in [6.45, 7) is -0.248. The summed E-state index contributed by atoms with van der Waals surface area (Å²) < 4.78 is 38.5. The second-order valence-corrected chi connectivity index (χ2v) is 2.68. The van der Waals surface area contributed by atoms with Crippen molar-refractivity contribution in [1.29, 1.82) is 0 Å². The van der Waals surface area contributed by atoms with Crippen LogP contribution in [0.25, 0.3) is 0 Å². The molecule has 90 valence electrons. The second kappa shape index (κ2) is 5.99. The quantitative estimate of drug-likeness (QED) is 0.821. The van der Waals surface area contributed by atoms with Crippen molar-refractivity contribution in [1.82, 2.24) is 0 Å². The molecule has 1 rings (SSSR count). The Morgan fingerprint density at radius 1 is 1.06 bits per heavy atom. The van der Waals surface area contributed by atoms with Gasteiger partial charge in [0.1, 0.15) is 0 Å². The smallest absolute Gasteiger partial charge is 0.229 e. The summed E-state index contributed by atoms with van der Waals surface area (Å²) in [6, 6.07) is 2.63. The fraction of sp³-hybridized carbons (Fsp3) is 0.400. The van der Waals surface area contributed by atoms with Gasteiger partial charge in [0, 0.05) is 0 Å². The van der Waals surface area contributed by atoms with E-state index < -0.39 is 13.7 Å². The molecule has 6 heteroatoms. The number of hydrogen-bond donors (Lipinski definition) is 1.